The highest BCUT2D eigenvalue weighted by Crippen LogP contribution is 2.15. The number of carboxylic acids is 1. The second-order valence-corrected chi connectivity index (χ2v) is 4.07. The number of benzene rings is 1. The van der Waals surface area contributed by atoms with Crippen LogP contribution in [-0.4, -0.2) is 23.0 Å². The van der Waals surface area contributed by atoms with Gasteiger partial charge in [-0.1, -0.05) is 15.9 Å². The highest BCUT2D eigenvalue weighted by molar-refractivity contribution is 9.10. The van der Waals surface area contributed by atoms with Crippen molar-refractivity contribution in [2.45, 2.75) is 13.0 Å². The van der Waals surface area contributed by atoms with Crippen LogP contribution in [0.5, 0.6) is 0 Å². The molecule has 0 saturated heterocycles. The van der Waals surface area contributed by atoms with E-state index in [1.165, 1.54) is 19.1 Å². The fraction of sp³-hybridized carbons (Fsp3) is 0.200. The summed E-state index contributed by atoms with van der Waals surface area (Å²) in [4.78, 5) is 22.0. The Balaban J connectivity index is 2.88. The molecule has 6 heteroatoms. The normalized spacial score (nSPS) is 11.9. The van der Waals surface area contributed by atoms with Crippen LogP contribution in [0, 0.1) is 5.82 Å². The van der Waals surface area contributed by atoms with E-state index in [9.17, 15) is 14.0 Å². The summed E-state index contributed by atoms with van der Waals surface area (Å²) >= 11 is 3.10. The van der Waals surface area contributed by atoms with Crippen LogP contribution < -0.4 is 5.32 Å². The number of carboxylic acid groups (broad SMARTS) is 1. The minimum absolute atomic E-state index is 0.192. The molecular formula is C10H9BrFNO3. The average Bonchev–Trinajstić information content (AvgIpc) is 2.21. The first-order valence-corrected chi connectivity index (χ1v) is 5.20. The predicted molar refractivity (Wildman–Crippen MR) is 58.7 cm³/mol. The molecule has 0 aromatic heterocycles. The average molecular weight is 290 g/mol. The molecule has 2 N–H and O–H groups in total. The number of nitrogens with one attached hydrogen (secondary N) is 1. The predicted octanol–water partition coefficient (Wildman–Crippen LogP) is 1.79. The summed E-state index contributed by atoms with van der Waals surface area (Å²) in [6.45, 7) is 1.30. The van der Waals surface area contributed by atoms with Crippen LogP contribution in [0.1, 0.15) is 17.3 Å². The van der Waals surface area contributed by atoms with Crippen LogP contribution in [0.4, 0.5) is 4.39 Å². The topological polar surface area (TPSA) is 66.4 Å². The summed E-state index contributed by atoms with van der Waals surface area (Å²) in [5.74, 6) is -2.63. The molecule has 16 heavy (non-hydrogen) atoms. The fourth-order valence-electron chi connectivity index (χ4n) is 1.01. The Morgan fingerprint density at radius 2 is 2.12 bits per heavy atom. The monoisotopic (exact) mass is 289 g/mol. The molecule has 0 aliphatic carbocycles. The first kappa shape index (κ1) is 12.6. The van der Waals surface area contributed by atoms with Gasteiger partial charge in [0.05, 0.1) is 5.56 Å². The molecule has 1 atom stereocenters. The van der Waals surface area contributed by atoms with Gasteiger partial charge in [-0.05, 0) is 25.1 Å². The molecule has 4 nitrogen and oxygen atoms in total. The molecule has 0 heterocycles. The Hall–Kier alpha value is -1.43. The molecule has 1 aromatic carbocycles. The van der Waals surface area contributed by atoms with E-state index < -0.39 is 23.7 Å². The number of carbonyl (C=O) groups is 2. The molecular weight excluding hydrogens is 281 g/mol. The van der Waals surface area contributed by atoms with Crippen molar-refractivity contribution in [3.8, 4) is 0 Å². The third-order valence-corrected chi connectivity index (χ3v) is 2.38. The van der Waals surface area contributed by atoms with E-state index in [1.807, 2.05) is 0 Å². The van der Waals surface area contributed by atoms with Gasteiger partial charge in [0.1, 0.15) is 11.9 Å². The number of halogens is 2. The molecule has 0 fully saturated rings. The maximum atomic E-state index is 13.2. The summed E-state index contributed by atoms with van der Waals surface area (Å²) < 4.78 is 13.8. The number of hydrogen-bond acceptors (Lipinski definition) is 2. The van der Waals surface area contributed by atoms with Crippen molar-refractivity contribution >= 4 is 27.8 Å². The zero-order chi connectivity index (χ0) is 12.3. The largest absolute Gasteiger partial charge is 0.480 e. The Morgan fingerprint density at radius 3 is 2.69 bits per heavy atom. The second kappa shape index (κ2) is 5.07. The van der Waals surface area contributed by atoms with E-state index in [0.29, 0.717) is 4.47 Å². The van der Waals surface area contributed by atoms with Crippen molar-refractivity contribution in [2.24, 2.45) is 0 Å². The zero-order valence-electron chi connectivity index (χ0n) is 8.33. The van der Waals surface area contributed by atoms with Crippen molar-refractivity contribution in [1.29, 1.82) is 0 Å². The van der Waals surface area contributed by atoms with Crippen LogP contribution in [-0.2, 0) is 4.79 Å². The van der Waals surface area contributed by atoms with E-state index in [2.05, 4.69) is 21.2 Å². The van der Waals surface area contributed by atoms with E-state index >= 15 is 0 Å². The third kappa shape index (κ3) is 3.03. The number of hydrogen-bond donors (Lipinski definition) is 2. The lowest BCUT2D eigenvalue weighted by atomic mass is 10.2. The van der Waals surface area contributed by atoms with Gasteiger partial charge in [0.15, 0.2) is 0 Å². The maximum absolute atomic E-state index is 13.2. The van der Waals surface area contributed by atoms with Crippen LogP contribution in [0.25, 0.3) is 0 Å². The number of rotatable bonds is 3. The van der Waals surface area contributed by atoms with Crippen molar-refractivity contribution in [3.63, 3.8) is 0 Å². The summed E-state index contributed by atoms with van der Waals surface area (Å²) in [7, 11) is 0. The van der Waals surface area contributed by atoms with Crippen molar-refractivity contribution in [1.82, 2.24) is 5.32 Å². The molecule has 0 radical (unpaired) electrons. The molecule has 0 aliphatic heterocycles. The van der Waals surface area contributed by atoms with Gasteiger partial charge in [-0.15, -0.1) is 0 Å². The van der Waals surface area contributed by atoms with Crippen molar-refractivity contribution < 1.29 is 19.1 Å². The van der Waals surface area contributed by atoms with Gasteiger partial charge in [0, 0.05) is 4.47 Å². The lowest BCUT2D eigenvalue weighted by Crippen LogP contribution is -2.38. The second-order valence-electron chi connectivity index (χ2n) is 3.16. The van der Waals surface area contributed by atoms with E-state index in [4.69, 9.17) is 5.11 Å². The molecule has 0 unspecified atom stereocenters. The van der Waals surface area contributed by atoms with Gasteiger partial charge < -0.3 is 10.4 Å². The highest BCUT2D eigenvalue weighted by atomic mass is 79.9. The Kier molecular flexibility index (Phi) is 4.00. The van der Waals surface area contributed by atoms with E-state index in [1.54, 1.807) is 0 Å². The highest BCUT2D eigenvalue weighted by Gasteiger charge is 2.18. The smallest absolute Gasteiger partial charge is 0.325 e. The van der Waals surface area contributed by atoms with Crippen LogP contribution in [0.15, 0.2) is 22.7 Å². The molecule has 86 valence electrons. The fourth-order valence-corrected chi connectivity index (χ4v) is 1.37. The summed E-state index contributed by atoms with van der Waals surface area (Å²) in [6, 6.07) is 2.81. The minimum atomic E-state index is -1.18. The quantitative estimate of drug-likeness (QED) is 0.892. The zero-order valence-corrected chi connectivity index (χ0v) is 9.92. The Morgan fingerprint density at radius 1 is 1.50 bits per heavy atom. The Bertz CT molecular complexity index is 436. The van der Waals surface area contributed by atoms with Crippen LogP contribution in [0.2, 0.25) is 0 Å². The van der Waals surface area contributed by atoms with Gasteiger partial charge in [-0.2, -0.15) is 0 Å². The molecule has 0 aliphatic rings. The van der Waals surface area contributed by atoms with Crippen LogP contribution in [0.3, 0.4) is 0 Å². The van der Waals surface area contributed by atoms with Crippen molar-refractivity contribution in [2.75, 3.05) is 0 Å². The molecule has 1 aromatic rings. The van der Waals surface area contributed by atoms with Gasteiger partial charge in [0.2, 0.25) is 0 Å². The lowest BCUT2D eigenvalue weighted by molar-refractivity contribution is -0.138. The molecule has 1 rings (SSSR count). The summed E-state index contributed by atoms with van der Waals surface area (Å²) in [5.41, 5.74) is -0.192. The standard InChI is InChI=1S/C10H9BrFNO3/c1-5(10(15)16)13-9(14)7-4-6(11)2-3-8(7)12/h2-5H,1H3,(H,13,14)(H,15,16)/t5-/m1/s1. The molecule has 0 spiro atoms. The van der Waals surface area contributed by atoms with Crippen LogP contribution >= 0.6 is 15.9 Å². The van der Waals surface area contributed by atoms with E-state index in [0.717, 1.165) is 6.07 Å². The van der Waals surface area contributed by atoms with Gasteiger partial charge >= 0.3 is 5.97 Å². The molecule has 0 saturated carbocycles. The number of carbonyl (C=O) groups excluding carboxylic acids is 1. The Labute approximate surface area is 99.6 Å². The first-order valence-electron chi connectivity index (χ1n) is 4.40. The number of aliphatic carboxylic acids is 1. The molecule has 1 amide bonds. The summed E-state index contributed by atoms with van der Waals surface area (Å²) in [6.07, 6.45) is 0. The first-order chi connectivity index (χ1) is 7.41. The third-order valence-electron chi connectivity index (χ3n) is 1.89. The van der Waals surface area contributed by atoms with Crippen molar-refractivity contribution in [3.05, 3.63) is 34.1 Å². The maximum Gasteiger partial charge on any atom is 0.325 e. The lowest BCUT2D eigenvalue weighted by Gasteiger charge is -2.09. The number of amides is 1. The minimum Gasteiger partial charge on any atom is -0.480 e. The summed E-state index contributed by atoms with van der Waals surface area (Å²) in [5, 5.41) is 10.7. The van der Waals surface area contributed by atoms with Gasteiger partial charge in [-0.25, -0.2) is 4.39 Å². The SMILES string of the molecule is C[C@@H](NC(=O)c1cc(Br)ccc1F)C(=O)O. The van der Waals surface area contributed by atoms with Gasteiger partial charge in [-0.3, -0.25) is 9.59 Å². The van der Waals surface area contributed by atoms with E-state index in [-0.39, 0.29) is 5.56 Å². The van der Waals surface area contributed by atoms with Gasteiger partial charge in [0.25, 0.3) is 5.91 Å². The molecule has 0 bridgehead atoms.